The van der Waals surface area contributed by atoms with E-state index in [-0.39, 0.29) is 29.7 Å². The highest BCUT2D eigenvalue weighted by atomic mass is 16.6. The van der Waals surface area contributed by atoms with Crippen LogP contribution in [0.1, 0.15) is 38.4 Å². The molecule has 268 valence electrons. The Morgan fingerprint density at radius 1 is 0.778 bits per heavy atom. The van der Waals surface area contributed by atoms with Crippen LogP contribution in [0.3, 0.4) is 0 Å². The van der Waals surface area contributed by atoms with Crippen molar-refractivity contribution < 1.29 is 29.0 Å². The first-order chi connectivity index (χ1) is 26.2. The van der Waals surface area contributed by atoms with Gasteiger partial charge in [0.1, 0.15) is 17.4 Å². The van der Waals surface area contributed by atoms with Crippen LogP contribution in [0.25, 0.3) is 16.5 Å². The molecule has 54 heavy (non-hydrogen) atoms. The number of carbonyl (C=O) groups excluding carboxylic acids is 1. The molecule has 0 fully saturated rings. The first-order valence-electron chi connectivity index (χ1n) is 17.2. The molecule has 0 spiro atoms. The van der Waals surface area contributed by atoms with Crippen molar-refractivity contribution >= 4 is 34.1 Å². The fourth-order valence-electron chi connectivity index (χ4n) is 7.29. The zero-order chi connectivity index (χ0) is 37.8. The number of hydrogen-bond donors (Lipinski definition) is 1. The monoisotopic (exact) mass is 719 g/mol. The van der Waals surface area contributed by atoms with E-state index in [9.17, 15) is 30.1 Å². The number of fused-ring (bicyclic) bond motifs is 1. The Balaban J connectivity index is 1.57. The van der Waals surface area contributed by atoms with Crippen LogP contribution < -0.4 is 0 Å². The minimum absolute atomic E-state index is 0.0926. The van der Waals surface area contributed by atoms with Gasteiger partial charge in [0.05, 0.1) is 4.92 Å². The molecule has 1 aromatic heterocycles. The van der Waals surface area contributed by atoms with Crippen molar-refractivity contribution in [3.05, 3.63) is 212 Å². The molecule has 0 bridgehead atoms. The second-order valence-electron chi connectivity index (χ2n) is 13.0. The summed E-state index contributed by atoms with van der Waals surface area (Å²) in [6.45, 7) is 0. The Bertz CT molecular complexity index is 2410. The summed E-state index contributed by atoms with van der Waals surface area (Å²) in [5, 5.41) is 36.9. The average Bonchev–Trinajstić information content (AvgIpc) is 3.56. The molecule has 0 saturated carbocycles. The van der Waals surface area contributed by atoms with Gasteiger partial charge in [-0.1, -0.05) is 115 Å². The highest BCUT2D eigenvalue weighted by Crippen LogP contribution is 2.48. The molecule has 0 aliphatic heterocycles. The number of allylic oxidation sites excluding steroid dienone is 2. The Labute approximate surface area is 309 Å². The molecule has 3 atom stereocenters. The molecule has 1 aliphatic carbocycles. The summed E-state index contributed by atoms with van der Waals surface area (Å²) in [4.78, 5) is 54.2. The lowest BCUT2D eigenvalue weighted by atomic mass is 9.73. The first kappa shape index (κ1) is 35.3. The van der Waals surface area contributed by atoms with E-state index in [1.54, 1.807) is 78.9 Å². The molecule has 1 amide bonds. The number of non-ortho nitro benzene ring substituents is 1. The van der Waals surface area contributed by atoms with E-state index in [1.165, 1.54) is 18.2 Å². The molecule has 0 radical (unpaired) electrons. The maximum absolute atomic E-state index is 15.3. The standard InChI is InChI=1S/C43H33N3O8/c47-41(32-20-22-34(23-21-32)45(50)51)44(36(42(48)49)26-29-12-4-1-5-13-29)43(25-24-33(28-39(43)46(52)53)31-16-8-3-9-17-31)40-35-18-10-11-19-37(35)54-38(40)27-30-14-6-2-7-15-30/h1-25,28,36,39H,26-27H2,(H,48,49)/t36-,39?,43?/m0/s1. The minimum Gasteiger partial charge on any atom is -0.480 e. The van der Waals surface area contributed by atoms with Crippen LogP contribution in [0, 0.1) is 20.2 Å². The zero-order valence-corrected chi connectivity index (χ0v) is 28.7. The van der Waals surface area contributed by atoms with Gasteiger partial charge in [0.2, 0.25) is 0 Å². The van der Waals surface area contributed by atoms with Crippen molar-refractivity contribution in [1.29, 1.82) is 0 Å². The largest absolute Gasteiger partial charge is 0.480 e. The fourth-order valence-corrected chi connectivity index (χ4v) is 7.29. The summed E-state index contributed by atoms with van der Waals surface area (Å²) in [5.74, 6) is -1.97. The number of aliphatic carboxylic acids is 1. The van der Waals surface area contributed by atoms with Crippen molar-refractivity contribution in [3.63, 3.8) is 0 Å². The van der Waals surface area contributed by atoms with Crippen LogP contribution in [0.15, 0.2) is 162 Å². The number of benzene rings is 5. The van der Waals surface area contributed by atoms with Crippen molar-refractivity contribution in [2.24, 2.45) is 0 Å². The van der Waals surface area contributed by atoms with Gasteiger partial charge in [-0.3, -0.25) is 25.0 Å². The summed E-state index contributed by atoms with van der Waals surface area (Å²) in [7, 11) is 0. The Morgan fingerprint density at radius 3 is 1.98 bits per heavy atom. The molecule has 2 unspecified atom stereocenters. The van der Waals surface area contributed by atoms with Gasteiger partial charge in [-0.2, -0.15) is 0 Å². The average molecular weight is 720 g/mol. The van der Waals surface area contributed by atoms with Crippen molar-refractivity contribution in [3.8, 4) is 0 Å². The quantitative estimate of drug-likeness (QED) is 0.0978. The maximum atomic E-state index is 15.3. The predicted molar refractivity (Wildman–Crippen MR) is 202 cm³/mol. The van der Waals surface area contributed by atoms with Crippen molar-refractivity contribution in [2.75, 3.05) is 0 Å². The number of carbonyl (C=O) groups is 2. The van der Waals surface area contributed by atoms with Gasteiger partial charge >= 0.3 is 5.97 Å². The second kappa shape index (κ2) is 14.8. The van der Waals surface area contributed by atoms with E-state index >= 15 is 4.79 Å². The smallest absolute Gasteiger partial charge is 0.326 e. The van der Waals surface area contributed by atoms with Gasteiger partial charge in [0.25, 0.3) is 17.6 Å². The lowest BCUT2D eigenvalue weighted by molar-refractivity contribution is -0.524. The lowest BCUT2D eigenvalue weighted by Crippen LogP contribution is -2.63. The Kier molecular flexibility index (Phi) is 9.69. The number of furan rings is 1. The molecular formula is C43H33N3O8. The fraction of sp³-hybridized carbons (Fsp3) is 0.116. The van der Waals surface area contributed by atoms with Crippen molar-refractivity contribution in [2.45, 2.75) is 30.5 Å². The van der Waals surface area contributed by atoms with Gasteiger partial charge in [-0.15, -0.1) is 0 Å². The number of para-hydroxylation sites is 1. The van der Waals surface area contributed by atoms with Gasteiger partial charge in [-0.05, 0) is 52.6 Å². The molecule has 5 aromatic carbocycles. The van der Waals surface area contributed by atoms with Crippen LogP contribution in [0.5, 0.6) is 0 Å². The zero-order valence-electron chi connectivity index (χ0n) is 28.7. The lowest BCUT2D eigenvalue weighted by Gasteiger charge is -2.46. The summed E-state index contributed by atoms with van der Waals surface area (Å²) >= 11 is 0. The number of nitro benzene ring substituents is 1. The Hall–Kier alpha value is -7.14. The van der Waals surface area contributed by atoms with E-state index in [4.69, 9.17) is 4.42 Å². The minimum atomic E-state index is -2.12. The predicted octanol–water partition coefficient (Wildman–Crippen LogP) is 8.26. The highest BCUT2D eigenvalue weighted by Gasteiger charge is 2.59. The number of carboxylic acids is 1. The molecule has 1 aliphatic rings. The molecule has 1 heterocycles. The van der Waals surface area contributed by atoms with Crippen LogP contribution in [0.2, 0.25) is 0 Å². The number of hydrogen-bond acceptors (Lipinski definition) is 7. The molecule has 1 N–H and O–H groups in total. The third kappa shape index (κ3) is 6.66. The van der Waals surface area contributed by atoms with Crippen molar-refractivity contribution in [1.82, 2.24) is 4.90 Å². The summed E-state index contributed by atoms with van der Waals surface area (Å²) < 4.78 is 6.52. The van der Waals surface area contributed by atoms with Crippen LogP contribution in [0.4, 0.5) is 5.69 Å². The third-order valence-corrected chi connectivity index (χ3v) is 9.73. The van der Waals surface area contributed by atoms with Crippen LogP contribution in [-0.2, 0) is 23.2 Å². The van der Waals surface area contributed by atoms with E-state index in [0.29, 0.717) is 33.4 Å². The maximum Gasteiger partial charge on any atom is 0.326 e. The summed E-state index contributed by atoms with van der Waals surface area (Å²) in [5.41, 5.74) is 0.737. The Morgan fingerprint density at radius 2 is 1.37 bits per heavy atom. The van der Waals surface area contributed by atoms with Crippen LogP contribution >= 0.6 is 0 Å². The van der Waals surface area contributed by atoms with E-state index < -0.39 is 39.3 Å². The number of nitrogens with zero attached hydrogens (tertiary/aromatic N) is 3. The van der Waals surface area contributed by atoms with Gasteiger partial charge in [0.15, 0.2) is 5.54 Å². The van der Waals surface area contributed by atoms with E-state index in [0.717, 1.165) is 22.6 Å². The normalized spacial score (nSPS) is 17.0. The topological polar surface area (TPSA) is 157 Å². The first-order valence-corrected chi connectivity index (χ1v) is 17.2. The molecule has 6 aromatic rings. The SMILES string of the molecule is O=C(O)[C@H](Cc1ccccc1)N(C(=O)c1ccc([N+](=O)[O-])cc1)C1(c2c(Cc3ccccc3)oc3ccccc23)C=CC(c2ccccc2)=CC1[N+](=O)[O-]. The molecule has 0 saturated heterocycles. The highest BCUT2D eigenvalue weighted by molar-refractivity contribution is 5.99. The second-order valence-corrected chi connectivity index (χ2v) is 13.0. The van der Waals surface area contributed by atoms with Gasteiger partial charge in [-0.25, -0.2) is 4.79 Å². The third-order valence-electron chi connectivity index (χ3n) is 9.73. The number of amides is 1. The number of carboxylic acid groups (broad SMARTS) is 1. The number of nitro groups is 2. The molecule has 7 rings (SSSR count). The summed E-state index contributed by atoms with van der Waals surface area (Å²) in [6, 6.07) is 35.4. The molecule has 11 nitrogen and oxygen atoms in total. The van der Waals surface area contributed by atoms with E-state index in [1.807, 2.05) is 48.5 Å². The summed E-state index contributed by atoms with van der Waals surface area (Å²) in [6.07, 6.45) is 4.64. The van der Waals surface area contributed by atoms with Gasteiger partial charge < -0.3 is 14.4 Å². The van der Waals surface area contributed by atoms with Gasteiger partial charge in [0, 0.05) is 46.4 Å². The van der Waals surface area contributed by atoms with Crippen LogP contribution in [-0.4, -0.2) is 43.8 Å². The number of rotatable bonds is 12. The molecule has 11 heteroatoms. The molecular weight excluding hydrogens is 686 g/mol. The van der Waals surface area contributed by atoms with E-state index in [2.05, 4.69) is 0 Å².